The molecule has 1 amide bonds. The molecule has 1 saturated heterocycles. The highest BCUT2D eigenvalue weighted by Crippen LogP contribution is 2.40. The first-order valence-corrected chi connectivity index (χ1v) is 13.8. The number of piperazine rings is 1. The number of esters is 1. The molecule has 9 nitrogen and oxygen atoms in total. The number of halogens is 1. The number of amides is 1. The molecule has 206 valence electrons. The number of hydrogen-bond acceptors (Lipinski definition) is 8. The Labute approximate surface area is 233 Å². The molecule has 0 bridgehead atoms. The standard InChI is InChI=1S/C28H37BrN4O5/c1-17-13-22(25(29)31-24(17)26(34)36-6)37-23(21-10-9-20(14-30-21)19-7-8-19)16-32-11-12-33(18(2)15-32)27(35)38-28(3,4)5/h9-10,13-14,18-19,23H,7-8,11-12,15-16H2,1-6H3/t18-,23-/m1/s1. The number of pyridine rings is 2. The lowest BCUT2D eigenvalue weighted by atomic mass is 10.1. The molecule has 0 spiro atoms. The van der Waals surface area contributed by atoms with Crippen LogP contribution in [0.5, 0.6) is 5.75 Å². The predicted molar refractivity (Wildman–Crippen MR) is 146 cm³/mol. The van der Waals surface area contributed by atoms with Crippen molar-refractivity contribution in [3.05, 3.63) is 51.5 Å². The van der Waals surface area contributed by atoms with Gasteiger partial charge in [-0.15, -0.1) is 0 Å². The van der Waals surface area contributed by atoms with Gasteiger partial charge in [0.25, 0.3) is 0 Å². The Hall–Kier alpha value is -2.72. The summed E-state index contributed by atoms with van der Waals surface area (Å²) in [5.74, 6) is 0.638. The molecule has 2 aromatic heterocycles. The summed E-state index contributed by atoms with van der Waals surface area (Å²) in [5, 5.41) is 0. The van der Waals surface area contributed by atoms with Gasteiger partial charge in [0, 0.05) is 38.4 Å². The van der Waals surface area contributed by atoms with E-state index >= 15 is 0 Å². The zero-order valence-electron chi connectivity index (χ0n) is 23.0. The maximum atomic E-state index is 12.7. The number of carbonyl (C=O) groups is 2. The minimum atomic E-state index is -0.534. The number of methoxy groups -OCH3 is 1. The Morgan fingerprint density at radius 3 is 2.53 bits per heavy atom. The second-order valence-electron chi connectivity index (χ2n) is 11.1. The first-order valence-electron chi connectivity index (χ1n) is 13.0. The van der Waals surface area contributed by atoms with Crippen LogP contribution in [-0.2, 0) is 9.47 Å². The van der Waals surface area contributed by atoms with Crippen molar-refractivity contribution < 1.29 is 23.8 Å². The number of aryl methyl sites for hydroxylation is 1. The van der Waals surface area contributed by atoms with E-state index in [4.69, 9.17) is 19.2 Å². The fourth-order valence-electron chi connectivity index (χ4n) is 4.59. The quantitative estimate of drug-likeness (QED) is 0.319. The normalized spacial score (nSPS) is 19.1. The van der Waals surface area contributed by atoms with Crippen molar-refractivity contribution in [1.82, 2.24) is 19.8 Å². The van der Waals surface area contributed by atoms with Crippen LogP contribution in [0.1, 0.15) is 79.9 Å². The molecule has 1 saturated carbocycles. The number of aromatic nitrogens is 2. The van der Waals surface area contributed by atoms with Gasteiger partial charge in [-0.2, -0.15) is 0 Å². The van der Waals surface area contributed by atoms with Crippen LogP contribution in [0.2, 0.25) is 0 Å². The number of hydrogen-bond donors (Lipinski definition) is 0. The molecule has 0 radical (unpaired) electrons. The maximum absolute atomic E-state index is 12.7. The zero-order valence-corrected chi connectivity index (χ0v) is 24.6. The average molecular weight is 590 g/mol. The van der Waals surface area contributed by atoms with Crippen LogP contribution in [0, 0.1) is 6.92 Å². The molecule has 2 fully saturated rings. The van der Waals surface area contributed by atoms with Gasteiger partial charge in [-0.05, 0) is 92.6 Å². The Kier molecular flexibility index (Phi) is 8.62. The summed E-state index contributed by atoms with van der Waals surface area (Å²) in [6.45, 7) is 12.0. The van der Waals surface area contributed by atoms with Crippen molar-refractivity contribution in [2.75, 3.05) is 33.3 Å². The van der Waals surface area contributed by atoms with Crippen molar-refractivity contribution in [2.45, 2.75) is 71.1 Å². The van der Waals surface area contributed by atoms with Crippen molar-refractivity contribution in [2.24, 2.45) is 0 Å². The lowest BCUT2D eigenvalue weighted by Gasteiger charge is -2.41. The predicted octanol–water partition coefficient (Wildman–Crippen LogP) is 5.27. The highest BCUT2D eigenvalue weighted by atomic mass is 79.9. The highest BCUT2D eigenvalue weighted by Gasteiger charge is 2.33. The third kappa shape index (κ3) is 7.02. The van der Waals surface area contributed by atoms with Gasteiger partial charge >= 0.3 is 12.1 Å². The van der Waals surface area contributed by atoms with Gasteiger partial charge in [-0.1, -0.05) is 6.07 Å². The molecule has 0 unspecified atom stereocenters. The lowest BCUT2D eigenvalue weighted by Crippen LogP contribution is -2.55. The number of nitrogens with zero attached hydrogens (tertiary/aromatic N) is 4. The first kappa shape index (κ1) is 28.3. The Bertz CT molecular complexity index is 1160. The average Bonchev–Trinajstić information content (AvgIpc) is 3.70. The summed E-state index contributed by atoms with van der Waals surface area (Å²) in [6.07, 6.45) is 3.71. The van der Waals surface area contributed by atoms with Crippen molar-refractivity contribution in [3.63, 3.8) is 0 Å². The summed E-state index contributed by atoms with van der Waals surface area (Å²) in [5.41, 5.74) is 2.44. The molecule has 4 rings (SSSR count). The van der Waals surface area contributed by atoms with Crippen molar-refractivity contribution in [3.8, 4) is 5.75 Å². The summed E-state index contributed by atoms with van der Waals surface area (Å²) < 4.78 is 17.4. The lowest BCUT2D eigenvalue weighted by molar-refractivity contribution is -0.00320. The molecular weight excluding hydrogens is 552 g/mol. The van der Waals surface area contributed by atoms with Gasteiger partial charge in [0.2, 0.25) is 0 Å². The fraction of sp³-hybridized carbons (Fsp3) is 0.571. The van der Waals surface area contributed by atoms with E-state index in [1.807, 2.05) is 40.0 Å². The van der Waals surface area contributed by atoms with E-state index in [0.717, 1.165) is 5.69 Å². The molecule has 0 N–H and O–H groups in total. The molecule has 2 atom stereocenters. The van der Waals surface area contributed by atoms with Gasteiger partial charge in [0.15, 0.2) is 17.5 Å². The van der Waals surface area contributed by atoms with Crippen LogP contribution in [0.4, 0.5) is 4.79 Å². The summed E-state index contributed by atoms with van der Waals surface area (Å²) >= 11 is 3.47. The molecule has 2 aromatic rings. The van der Waals surface area contributed by atoms with E-state index in [1.165, 1.54) is 25.5 Å². The van der Waals surface area contributed by atoms with E-state index in [2.05, 4.69) is 31.9 Å². The molecule has 10 heteroatoms. The van der Waals surface area contributed by atoms with Crippen LogP contribution in [0.15, 0.2) is 29.0 Å². The minimum absolute atomic E-state index is 0.0144. The zero-order chi connectivity index (χ0) is 27.6. The van der Waals surface area contributed by atoms with Crippen molar-refractivity contribution >= 4 is 28.0 Å². The summed E-state index contributed by atoms with van der Waals surface area (Å²) in [4.78, 5) is 38.0. The molecule has 1 aliphatic carbocycles. The molecule has 0 aromatic carbocycles. The van der Waals surface area contributed by atoms with Crippen LogP contribution < -0.4 is 4.74 Å². The van der Waals surface area contributed by atoms with Crippen LogP contribution in [0.3, 0.4) is 0 Å². The van der Waals surface area contributed by atoms with Gasteiger partial charge in [-0.3, -0.25) is 9.88 Å². The molecule has 3 heterocycles. The SMILES string of the molecule is COC(=O)c1nc(Br)c(O[C@H](CN2CCN(C(=O)OC(C)(C)C)[C@H](C)C2)c2ccc(C3CC3)cn2)cc1C. The minimum Gasteiger partial charge on any atom is -0.480 e. The van der Waals surface area contributed by atoms with E-state index in [9.17, 15) is 9.59 Å². The van der Waals surface area contributed by atoms with Gasteiger partial charge in [0.1, 0.15) is 10.2 Å². The smallest absolute Gasteiger partial charge is 0.410 e. The third-order valence-corrected chi connectivity index (χ3v) is 7.30. The fourth-order valence-corrected chi connectivity index (χ4v) is 4.97. The maximum Gasteiger partial charge on any atom is 0.410 e. The monoisotopic (exact) mass is 588 g/mol. The second kappa shape index (κ2) is 11.6. The summed E-state index contributed by atoms with van der Waals surface area (Å²) in [6, 6.07) is 5.95. The van der Waals surface area contributed by atoms with E-state index < -0.39 is 11.6 Å². The Balaban J connectivity index is 1.52. The van der Waals surface area contributed by atoms with Gasteiger partial charge < -0.3 is 19.1 Å². The van der Waals surface area contributed by atoms with E-state index in [0.29, 0.717) is 48.0 Å². The molecule has 2 aliphatic rings. The number of carbonyl (C=O) groups excluding carboxylic acids is 2. The van der Waals surface area contributed by atoms with Gasteiger partial charge in [-0.25, -0.2) is 14.6 Å². The first-order chi connectivity index (χ1) is 17.9. The third-order valence-electron chi connectivity index (χ3n) is 6.73. The van der Waals surface area contributed by atoms with Crippen LogP contribution in [-0.4, -0.2) is 76.8 Å². The van der Waals surface area contributed by atoms with Crippen LogP contribution in [0.25, 0.3) is 0 Å². The Morgan fingerprint density at radius 1 is 1.21 bits per heavy atom. The van der Waals surface area contributed by atoms with Gasteiger partial charge in [0.05, 0.1) is 12.8 Å². The largest absolute Gasteiger partial charge is 0.480 e. The second-order valence-corrected chi connectivity index (χ2v) is 11.9. The van der Waals surface area contributed by atoms with E-state index in [-0.39, 0.29) is 23.9 Å². The molecule has 38 heavy (non-hydrogen) atoms. The van der Waals surface area contributed by atoms with E-state index in [1.54, 1.807) is 17.9 Å². The number of ether oxygens (including phenoxy) is 3. The van der Waals surface area contributed by atoms with Crippen molar-refractivity contribution in [1.29, 1.82) is 0 Å². The number of rotatable bonds is 7. The Morgan fingerprint density at radius 2 is 1.95 bits per heavy atom. The van der Waals surface area contributed by atoms with Crippen LogP contribution >= 0.6 is 15.9 Å². The molecule has 1 aliphatic heterocycles. The highest BCUT2D eigenvalue weighted by molar-refractivity contribution is 9.10. The topological polar surface area (TPSA) is 94.1 Å². The molecular formula is C28H37BrN4O5. The summed E-state index contributed by atoms with van der Waals surface area (Å²) in [7, 11) is 1.33.